The average molecular weight is 173 g/mol. The molecule has 0 spiro atoms. The van der Waals surface area contributed by atoms with Gasteiger partial charge in [-0.3, -0.25) is 9.69 Å². The van der Waals surface area contributed by atoms with Gasteiger partial charge in [0.1, 0.15) is 0 Å². The minimum atomic E-state index is 0.471. The second kappa shape index (κ2) is 5.08. The lowest BCUT2D eigenvalue weighted by molar-refractivity contribution is -0.181. The molecule has 1 heterocycles. The third-order valence-corrected chi connectivity index (χ3v) is 1.97. The Hall–Kier alpha value is -0.650. The van der Waals surface area contributed by atoms with Crippen LogP contribution in [0.3, 0.4) is 0 Å². The Bertz CT molecular complexity index is 135. The zero-order valence-electron chi connectivity index (χ0n) is 7.11. The Morgan fingerprint density at radius 3 is 2.50 bits per heavy atom. The molecule has 1 fully saturated rings. The van der Waals surface area contributed by atoms with Crippen molar-refractivity contribution in [3.8, 4) is 0 Å². The maximum absolute atomic E-state index is 9.98. The van der Waals surface area contributed by atoms with E-state index in [1.165, 1.54) is 0 Å². The first-order valence-electron chi connectivity index (χ1n) is 4.14. The summed E-state index contributed by atoms with van der Waals surface area (Å²) in [5, 5.41) is 1.67. The second-order valence-corrected chi connectivity index (χ2v) is 2.76. The molecule has 70 valence electrons. The summed E-state index contributed by atoms with van der Waals surface area (Å²) in [6.45, 7) is 5.48. The van der Waals surface area contributed by atoms with Gasteiger partial charge < -0.3 is 10.6 Å². The smallest absolute Gasteiger partial charge is 0.312 e. The lowest BCUT2D eigenvalue weighted by Crippen LogP contribution is -2.47. The van der Waals surface area contributed by atoms with Gasteiger partial charge in [0.15, 0.2) is 0 Å². The molecule has 12 heavy (non-hydrogen) atoms. The fraction of sp³-hybridized carbons (Fsp3) is 0.857. The Morgan fingerprint density at radius 1 is 1.33 bits per heavy atom. The van der Waals surface area contributed by atoms with Gasteiger partial charge >= 0.3 is 6.47 Å². The molecule has 0 aliphatic carbocycles. The number of carbonyl (C=O) groups excluding carboxylic acids is 1. The largest absolute Gasteiger partial charge is 0.371 e. The van der Waals surface area contributed by atoms with E-state index in [-0.39, 0.29) is 0 Å². The summed E-state index contributed by atoms with van der Waals surface area (Å²) < 4.78 is 0. The number of nitrogens with zero attached hydrogens (tertiary/aromatic N) is 2. The topological polar surface area (TPSA) is 58.8 Å². The number of carbonyl (C=O) groups is 1. The average Bonchev–Trinajstić information content (AvgIpc) is 2.09. The first kappa shape index (κ1) is 9.44. The van der Waals surface area contributed by atoms with Crippen LogP contribution < -0.4 is 5.73 Å². The normalized spacial score (nSPS) is 20.8. The standard InChI is InChI=1S/C7H15N3O2/c8-1-2-9-3-5-10(6-4-9)12-7-11/h7H,1-6,8H2. The van der Waals surface area contributed by atoms with Crippen molar-refractivity contribution < 1.29 is 9.63 Å². The minimum absolute atomic E-state index is 0.471. The quantitative estimate of drug-likeness (QED) is 0.533. The Kier molecular flexibility index (Phi) is 3.99. The summed E-state index contributed by atoms with van der Waals surface area (Å²) in [6.07, 6.45) is 0. The Morgan fingerprint density at radius 2 is 2.00 bits per heavy atom. The van der Waals surface area contributed by atoms with Gasteiger partial charge in [-0.1, -0.05) is 0 Å². The van der Waals surface area contributed by atoms with E-state index in [0.717, 1.165) is 32.7 Å². The van der Waals surface area contributed by atoms with Gasteiger partial charge in [0.2, 0.25) is 0 Å². The lowest BCUT2D eigenvalue weighted by atomic mass is 10.3. The molecule has 0 aromatic rings. The van der Waals surface area contributed by atoms with Gasteiger partial charge in [-0.15, -0.1) is 5.06 Å². The molecule has 0 unspecified atom stereocenters. The Labute approximate surface area is 72.0 Å². The molecule has 0 aromatic carbocycles. The Balaban J connectivity index is 2.15. The van der Waals surface area contributed by atoms with Crippen molar-refractivity contribution in [3.05, 3.63) is 0 Å². The van der Waals surface area contributed by atoms with Gasteiger partial charge in [-0.25, -0.2) is 0 Å². The SMILES string of the molecule is NCCN1CCN(OC=O)CC1. The molecule has 0 radical (unpaired) electrons. The third kappa shape index (κ3) is 2.77. The first-order chi connectivity index (χ1) is 5.86. The molecule has 5 heteroatoms. The van der Waals surface area contributed by atoms with Crippen LogP contribution in [0.1, 0.15) is 0 Å². The number of hydroxylamine groups is 2. The number of piperazine rings is 1. The molecule has 0 aromatic heterocycles. The molecule has 1 rings (SSSR count). The van der Waals surface area contributed by atoms with Gasteiger partial charge in [-0.2, -0.15) is 0 Å². The van der Waals surface area contributed by atoms with Gasteiger partial charge in [0.05, 0.1) is 0 Å². The van der Waals surface area contributed by atoms with Gasteiger partial charge in [0.25, 0.3) is 0 Å². The monoisotopic (exact) mass is 173 g/mol. The summed E-state index contributed by atoms with van der Waals surface area (Å²) in [5.41, 5.74) is 5.41. The molecule has 0 atom stereocenters. The second-order valence-electron chi connectivity index (χ2n) is 2.76. The van der Waals surface area contributed by atoms with Crippen molar-refractivity contribution in [3.63, 3.8) is 0 Å². The van der Waals surface area contributed by atoms with E-state index < -0.39 is 0 Å². The van der Waals surface area contributed by atoms with Crippen molar-refractivity contribution in [1.29, 1.82) is 0 Å². The predicted octanol–water partition coefficient (Wildman–Crippen LogP) is -1.35. The molecule has 0 bridgehead atoms. The number of nitrogens with two attached hydrogens (primary N) is 1. The van der Waals surface area contributed by atoms with E-state index in [1.54, 1.807) is 5.06 Å². The van der Waals surface area contributed by atoms with Crippen LogP contribution in [0.25, 0.3) is 0 Å². The molecular weight excluding hydrogens is 158 g/mol. The van der Waals surface area contributed by atoms with Crippen LogP contribution in [0.15, 0.2) is 0 Å². The molecule has 1 aliphatic rings. The summed E-state index contributed by atoms with van der Waals surface area (Å²) in [7, 11) is 0. The fourth-order valence-electron chi connectivity index (χ4n) is 1.30. The van der Waals surface area contributed by atoms with Crippen LogP contribution >= 0.6 is 0 Å². The zero-order chi connectivity index (χ0) is 8.81. The van der Waals surface area contributed by atoms with Crippen LogP contribution in [0.2, 0.25) is 0 Å². The molecule has 1 saturated heterocycles. The van der Waals surface area contributed by atoms with Crippen LogP contribution in [0.4, 0.5) is 0 Å². The number of rotatable bonds is 4. The van der Waals surface area contributed by atoms with E-state index in [1.807, 2.05) is 0 Å². The molecule has 2 N–H and O–H groups in total. The zero-order valence-corrected chi connectivity index (χ0v) is 7.11. The highest BCUT2D eigenvalue weighted by atomic mass is 16.7. The molecule has 1 aliphatic heterocycles. The molecule has 0 amide bonds. The summed E-state index contributed by atoms with van der Waals surface area (Å²) in [4.78, 5) is 16.9. The van der Waals surface area contributed by atoms with Crippen molar-refractivity contribution in [2.45, 2.75) is 0 Å². The third-order valence-electron chi connectivity index (χ3n) is 1.97. The highest BCUT2D eigenvalue weighted by Crippen LogP contribution is 1.99. The van der Waals surface area contributed by atoms with Crippen molar-refractivity contribution in [2.24, 2.45) is 5.73 Å². The van der Waals surface area contributed by atoms with Crippen molar-refractivity contribution in [2.75, 3.05) is 39.3 Å². The highest BCUT2D eigenvalue weighted by molar-refractivity contribution is 5.36. The van der Waals surface area contributed by atoms with Crippen LogP contribution in [-0.2, 0) is 9.63 Å². The molecule has 0 saturated carbocycles. The van der Waals surface area contributed by atoms with Crippen molar-refractivity contribution in [1.82, 2.24) is 9.96 Å². The minimum Gasteiger partial charge on any atom is -0.371 e. The first-order valence-corrected chi connectivity index (χ1v) is 4.14. The fourth-order valence-corrected chi connectivity index (χ4v) is 1.30. The summed E-state index contributed by atoms with van der Waals surface area (Å²) in [5.74, 6) is 0. The van der Waals surface area contributed by atoms with Gasteiger partial charge in [-0.05, 0) is 0 Å². The molecular formula is C7H15N3O2. The van der Waals surface area contributed by atoms with E-state index in [2.05, 4.69) is 4.90 Å². The highest BCUT2D eigenvalue weighted by Gasteiger charge is 2.16. The van der Waals surface area contributed by atoms with E-state index in [9.17, 15) is 4.79 Å². The number of hydrogen-bond acceptors (Lipinski definition) is 5. The van der Waals surface area contributed by atoms with Crippen molar-refractivity contribution >= 4 is 6.47 Å². The maximum Gasteiger partial charge on any atom is 0.312 e. The van der Waals surface area contributed by atoms with Crippen LogP contribution in [0.5, 0.6) is 0 Å². The maximum atomic E-state index is 9.98. The predicted molar refractivity (Wildman–Crippen MR) is 44.2 cm³/mol. The van der Waals surface area contributed by atoms with Crippen LogP contribution in [-0.4, -0.2) is 55.7 Å². The lowest BCUT2D eigenvalue weighted by Gasteiger charge is -2.31. The van der Waals surface area contributed by atoms with Gasteiger partial charge in [0, 0.05) is 39.3 Å². The van der Waals surface area contributed by atoms with Crippen LogP contribution in [0, 0.1) is 0 Å². The number of hydrogen-bond donors (Lipinski definition) is 1. The summed E-state index contributed by atoms with van der Waals surface area (Å²) in [6, 6.07) is 0. The van der Waals surface area contributed by atoms with E-state index in [4.69, 9.17) is 10.6 Å². The molecule has 5 nitrogen and oxygen atoms in total. The van der Waals surface area contributed by atoms with E-state index >= 15 is 0 Å². The van der Waals surface area contributed by atoms with E-state index in [0.29, 0.717) is 13.0 Å². The summed E-state index contributed by atoms with van der Waals surface area (Å²) >= 11 is 0.